The van der Waals surface area contributed by atoms with Gasteiger partial charge in [0.05, 0.1) is 0 Å². The van der Waals surface area contributed by atoms with Crippen molar-refractivity contribution in [3.05, 3.63) is 23.7 Å². The fourth-order valence-corrected chi connectivity index (χ4v) is 0.543. The molecule has 3 nitrogen and oxygen atoms in total. The first-order chi connectivity index (χ1) is 4.36. The van der Waals surface area contributed by atoms with Gasteiger partial charge in [0.25, 0.3) is 0 Å². The molecule has 0 saturated carbocycles. The summed E-state index contributed by atoms with van der Waals surface area (Å²) in [5.41, 5.74) is 0. The van der Waals surface area contributed by atoms with Crippen LogP contribution >= 0.6 is 0 Å². The summed E-state index contributed by atoms with van der Waals surface area (Å²) in [5.74, 6) is 0.663. The van der Waals surface area contributed by atoms with E-state index in [1.54, 1.807) is 6.07 Å². The van der Waals surface area contributed by atoms with Crippen LogP contribution in [0.25, 0.3) is 0 Å². The zero-order valence-electron chi connectivity index (χ0n) is 5.41. The van der Waals surface area contributed by atoms with Crippen molar-refractivity contribution in [2.75, 3.05) is 0 Å². The third kappa shape index (κ3) is 2.22. The predicted octanol–water partition coefficient (Wildman–Crippen LogP) is -0.332. The molecule has 4 heteroatoms. The average molecular weight is 335 g/mol. The number of hydrogen-bond acceptors (Lipinski definition) is 3. The molecule has 54 valence electrons. The van der Waals surface area contributed by atoms with E-state index >= 15 is 0 Å². The topological polar surface area (TPSA) is 50.4 Å². The van der Waals surface area contributed by atoms with Crippen molar-refractivity contribution >= 4 is 33.6 Å². The minimum absolute atomic E-state index is 0. The number of carbonyl (C=O) groups is 1. The molecule has 0 aliphatic heterocycles. The van der Waals surface area contributed by atoms with Crippen molar-refractivity contribution in [2.45, 2.75) is 6.61 Å². The van der Waals surface area contributed by atoms with Crippen LogP contribution in [0.15, 0.2) is 16.5 Å². The van der Waals surface area contributed by atoms with Crippen LogP contribution in [0.5, 0.6) is 0 Å². The van der Waals surface area contributed by atoms with Gasteiger partial charge in [-0.1, -0.05) is 0 Å². The van der Waals surface area contributed by atoms with E-state index in [0.717, 1.165) is 0 Å². The SMILES string of the molecule is O=Cc1ccc(CO)o1.[PbH2]. The summed E-state index contributed by atoms with van der Waals surface area (Å²) in [4.78, 5) is 9.96. The van der Waals surface area contributed by atoms with Crippen molar-refractivity contribution in [2.24, 2.45) is 0 Å². The summed E-state index contributed by atoms with van der Waals surface area (Å²) >= 11 is 0. The van der Waals surface area contributed by atoms with E-state index in [0.29, 0.717) is 12.0 Å². The number of aldehydes is 1. The molecule has 1 rings (SSSR count). The van der Waals surface area contributed by atoms with Crippen molar-refractivity contribution in [3.63, 3.8) is 0 Å². The number of rotatable bonds is 2. The fraction of sp³-hybridized carbons (Fsp3) is 0.167. The van der Waals surface area contributed by atoms with Gasteiger partial charge in [0.1, 0.15) is 12.4 Å². The Bertz CT molecular complexity index is 207. The zero-order valence-corrected chi connectivity index (χ0v) is 10.9. The monoisotopic (exact) mass is 336 g/mol. The van der Waals surface area contributed by atoms with E-state index in [4.69, 9.17) is 9.52 Å². The van der Waals surface area contributed by atoms with Gasteiger partial charge >= 0.3 is 27.3 Å². The molecular weight excluding hydrogens is 327 g/mol. The molecule has 0 saturated heterocycles. The Balaban J connectivity index is 0.000000810. The Hall–Kier alpha value is -0.168. The second-order valence-electron chi connectivity index (χ2n) is 1.58. The summed E-state index contributed by atoms with van der Waals surface area (Å²) in [6, 6.07) is 3.07. The van der Waals surface area contributed by atoms with Gasteiger partial charge in [0.2, 0.25) is 0 Å². The molecule has 0 aliphatic carbocycles. The van der Waals surface area contributed by atoms with Crippen molar-refractivity contribution in [1.29, 1.82) is 0 Å². The molecule has 1 aromatic heterocycles. The van der Waals surface area contributed by atoms with Crippen molar-refractivity contribution in [3.8, 4) is 0 Å². The fourth-order valence-electron chi connectivity index (χ4n) is 0.543. The van der Waals surface area contributed by atoms with Crippen LogP contribution in [0.2, 0.25) is 0 Å². The first-order valence-corrected chi connectivity index (χ1v) is 2.51. The summed E-state index contributed by atoms with van der Waals surface area (Å²) in [6.45, 7) is -0.159. The Morgan fingerprint density at radius 2 is 2.30 bits per heavy atom. The molecule has 0 bridgehead atoms. The number of aliphatic hydroxyl groups excluding tert-OH is 1. The van der Waals surface area contributed by atoms with Gasteiger partial charge in [0, 0.05) is 0 Å². The normalized spacial score (nSPS) is 8.50. The van der Waals surface area contributed by atoms with E-state index in [9.17, 15) is 4.79 Å². The Labute approximate surface area is 78.2 Å². The summed E-state index contributed by atoms with van der Waals surface area (Å²) in [6.07, 6.45) is 0.596. The van der Waals surface area contributed by atoms with Crippen LogP contribution in [-0.2, 0) is 6.61 Å². The van der Waals surface area contributed by atoms with Crippen LogP contribution in [0, 0.1) is 0 Å². The maximum atomic E-state index is 9.96. The quantitative estimate of drug-likeness (QED) is 0.595. The van der Waals surface area contributed by atoms with Crippen molar-refractivity contribution in [1.82, 2.24) is 0 Å². The number of aliphatic hydroxyl groups is 1. The molecule has 1 aromatic rings. The Morgan fingerprint density at radius 1 is 1.60 bits per heavy atom. The molecule has 0 unspecified atom stereocenters. The molecule has 0 atom stereocenters. The third-order valence-electron chi connectivity index (χ3n) is 0.954. The van der Waals surface area contributed by atoms with E-state index in [2.05, 4.69) is 0 Å². The van der Waals surface area contributed by atoms with E-state index < -0.39 is 0 Å². The number of hydrogen-bond donors (Lipinski definition) is 1. The van der Waals surface area contributed by atoms with Gasteiger partial charge in [-0.2, -0.15) is 0 Å². The standard InChI is InChI=1S/C6H6O3.Pb.2H/c7-3-5-1-2-6(4-8)9-5;;;/h1-3,8H,4H2;;;. The van der Waals surface area contributed by atoms with Crippen molar-refractivity contribution < 1.29 is 14.3 Å². The van der Waals surface area contributed by atoms with Crippen LogP contribution in [0.1, 0.15) is 16.3 Å². The molecule has 0 spiro atoms. The third-order valence-corrected chi connectivity index (χ3v) is 0.954. The van der Waals surface area contributed by atoms with Crippen LogP contribution in [0.3, 0.4) is 0 Å². The molecular formula is C6H8O3Pb. The maximum absolute atomic E-state index is 9.96. The van der Waals surface area contributed by atoms with E-state index in [1.165, 1.54) is 6.07 Å². The second kappa shape index (κ2) is 4.62. The predicted molar refractivity (Wildman–Crippen MR) is 38.6 cm³/mol. The summed E-state index contributed by atoms with van der Waals surface area (Å²) < 4.78 is 4.76. The summed E-state index contributed by atoms with van der Waals surface area (Å²) in [7, 11) is 0. The zero-order chi connectivity index (χ0) is 6.69. The van der Waals surface area contributed by atoms with E-state index in [-0.39, 0.29) is 39.7 Å². The summed E-state index contributed by atoms with van der Waals surface area (Å²) in [5, 5.41) is 8.44. The average Bonchev–Trinajstić information content (AvgIpc) is 2.34. The molecule has 0 aliphatic rings. The molecule has 0 aromatic carbocycles. The molecule has 0 amide bonds. The minimum atomic E-state index is -0.159. The molecule has 0 fully saturated rings. The molecule has 1 heterocycles. The Morgan fingerprint density at radius 3 is 2.60 bits per heavy atom. The first kappa shape index (κ1) is 9.83. The van der Waals surface area contributed by atoms with Gasteiger partial charge < -0.3 is 9.52 Å². The van der Waals surface area contributed by atoms with Crippen LogP contribution in [0.4, 0.5) is 0 Å². The van der Waals surface area contributed by atoms with Gasteiger partial charge in [0.15, 0.2) is 12.0 Å². The van der Waals surface area contributed by atoms with Gasteiger partial charge in [-0.25, -0.2) is 0 Å². The van der Waals surface area contributed by atoms with Gasteiger partial charge in [-0.05, 0) is 12.1 Å². The van der Waals surface area contributed by atoms with E-state index in [1.807, 2.05) is 0 Å². The Kier molecular flexibility index (Phi) is 4.54. The first-order valence-electron chi connectivity index (χ1n) is 2.51. The molecule has 10 heavy (non-hydrogen) atoms. The second-order valence-corrected chi connectivity index (χ2v) is 1.58. The number of furan rings is 1. The van der Waals surface area contributed by atoms with Gasteiger partial charge in [-0.3, -0.25) is 4.79 Å². The van der Waals surface area contributed by atoms with Gasteiger partial charge in [-0.15, -0.1) is 0 Å². The van der Waals surface area contributed by atoms with Crippen LogP contribution in [-0.4, -0.2) is 38.7 Å². The molecule has 2 radical (unpaired) electrons. The van der Waals surface area contributed by atoms with Crippen LogP contribution < -0.4 is 0 Å². The number of carbonyl (C=O) groups excluding carboxylic acids is 1. The molecule has 1 N–H and O–H groups in total.